The van der Waals surface area contributed by atoms with Gasteiger partial charge in [-0.25, -0.2) is 0 Å². The lowest BCUT2D eigenvalue weighted by Crippen LogP contribution is -2.22. The van der Waals surface area contributed by atoms with E-state index in [1.165, 1.54) is 0 Å². The van der Waals surface area contributed by atoms with Gasteiger partial charge in [-0.2, -0.15) is 0 Å². The summed E-state index contributed by atoms with van der Waals surface area (Å²) in [7, 11) is 0. The molecule has 0 aromatic rings. The maximum atomic E-state index is 5.61. The quantitative estimate of drug-likeness (QED) is 0.614. The molecule has 1 fully saturated rings. The van der Waals surface area contributed by atoms with Crippen molar-refractivity contribution in [2.75, 3.05) is 92.5 Å². The topological polar surface area (TPSA) is 73.8 Å². The van der Waals surface area contributed by atoms with Gasteiger partial charge in [0.05, 0.1) is 105 Å². The minimum absolute atomic E-state index is 0.0300. The van der Waals surface area contributed by atoms with E-state index in [0.717, 1.165) is 0 Å². The van der Waals surface area contributed by atoms with Gasteiger partial charge in [0.15, 0.2) is 0 Å². The average molecular weight is 380 g/mol. The molecule has 8 heteroatoms. The molecule has 156 valence electrons. The Labute approximate surface area is 157 Å². The molecule has 0 saturated carbocycles. The van der Waals surface area contributed by atoms with Crippen molar-refractivity contribution in [1.82, 2.24) is 0 Å². The maximum Gasteiger partial charge on any atom is 0.0781 e. The third-order valence-electron chi connectivity index (χ3n) is 3.45. The van der Waals surface area contributed by atoms with Crippen LogP contribution in [-0.4, -0.2) is 105 Å². The van der Waals surface area contributed by atoms with Crippen LogP contribution in [0.4, 0.5) is 0 Å². The van der Waals surface area contributed by atoms with Gasteiger partial charge in [-0.15, -0.1) is 0 Å². The highest BCUT2D eigenvalue weighted by Gasteiger charge is 2.04. The van der Waals surface area contributed by atoms with E-state index in [1.807, 2.05) is 13.8 Å². The Bertz CT molecular complexity index is 266. The van der Waals surface area contributed by atoms with E-state index in [1.54, 1.807) is 0 Å². The molecule has 0 N–H and O–H groups in total. The minimum atomic E-state index is 0.0300. The van der Waals surface area contributed by atoms with Crippen molar-refractivity contribution < 1.29 is 37.9 Å². The molecule has 1 aliphatic heterocycles. The van der Waals surface area contributed by atoms with E-state index in [9.17, 15) is 0 Å². The smallest absolute Gasteiger partial charge is 0.0781 e. The molecule has 0 radical (unpaired) electrons. The second-order valence-corrected chi connectivity index (χ2v) is 5.96. The van der Waals surface area contributed by atoms with E-state index in [4.69, 9.17) is 37.9 Å². The molecule has 1 heterocycles. The Hall–Kier alpha value is -0.320. The zero-order chi connectivity index (χ0) is 18.7. The summed E-state index contributed by atoms with van der Waals surface area (Å²) in [5, 5.41) is 0. The fourth-order valence-corrected chi connectivity index (χ4v) is 2.09. The second kappa shape index (κ2) is 18.1. The molecule has 0 bridgehead atoms. The molecule has 26 heavy (non-hydrogen) atoms. The number of ether oxygens (including phenoxy) is 8. The van der Waals surface area contributed by atoms with Crippen LogP contribution in [0.25, 0.3) is 0 Å². The van der Waals surface area contributed by atoms with Crippen LogP contribution in [-0.2, 0) is 37.9 Å². The van der Waals surface area contributed by atoms with Crippen LogP contribution >= 0.6 is 0 Å². The van der Waals surface area contributed by atoms with Crippen LogP contribution in [0.15, 0.2) is 0 Å². The lowest BCUT2D eigenvalue weighted by Gasteiger charge is -2.15. The first-order valence-electron chi connectivity index (χ1n) is 9.48. The molecule has 1 rings (SSSR count). The molecule has 2 atom stereocenters. The lowest BCUT2D eigenvalue weighted by molar-refractivity contribution is -0.0610. The predicted octanol–water partition coefficient (Wildman–Crippen LogP) is 0.910. The van der Waals surface area contributed by atoms with Crippen molar-refractivity contribution in [3.63, 3.8) is 0 Å². The molecule has 8 nitrogen and oxygen atoms in total. The van der Waals surface area contributed by atoms with E-state index in [-0.39, 0.29) is 12.2 Å². The Morgan fingerprint density at radius 1 is 0.385 bits per heavy atom. The van der Waals surface area contributed by atoms with Gasteiger partial charge < -0.3 is 37.9 Å². The third kappa shape index (κ3) is 15.9. The minimum Gasteiger partial charge on any atom is -0.377 e. The first-order chi connectivity index (χ1) is 12.8. The van der Waals surface area contributed by atoms with Gasteiger partial charge in [0.1, 0.15) is 0 Å². The first kappa shape index (κ1) is 23.7. The van der Waals surface area contributed by atoms with Crippen molar-refractivity contribution in [3.8, 4) is 0 Å². The summed E-state index contributed by atoms with van der Waals surface area (Å²) in [6.45, 7) is 11.6. The predicted molar refractivity (Wildman–Crippen MR) is 95.7 cm³/mol. The van der Waals surface area contributed by atoms with Crippen molar-refractivity contribution in [3.05, 3.63) is 0 Å². The normalized spacial score (nSPS) is 28.8. The molecule has 0 spiro atoms. The van der Waals surface area contributed by atoms with Gasteiger partial charge in [-0.05, 0) is 13.8 Å². The Morgan fingerprint density at radius 2 is 0.654 bits per heavy atom. The highest BCUT2D eigenvalue weighted by molar-refractivity contribution is 4.49. The Morgan fingerprint density at radius 3 is 1.00 bits per heavy atom. The molecule has 0 aromatic heterocycles. The SMILES string of the molecule is CC1COCCOCCOCC(C)OCCOCCOCCOCCO1. The van der Waals surface area contributed by atoms with Crippen LogP contribution in [0.1, 0.15) is 13.8 Å². The molecule has 0 aliphatic carbocycles. The summed E-state index contributed by atoms with van der Waals surface area (Å²) in [4.78, 5) is 0. The van der Waals surface area contributed by atoms with Gasteiger partial charge in [0.2, 0.25) is 0 Å². The zero-order valence-electron chi connectivity index (χ0n) is 16.3. The third-order valence-corrected chi connectivity index (χ3v) is 3.45. The summed E-state index contributed by atoms with van der Waals surface area (Å²) in [6, 6.07) is 0. The van der Waals surface area contributed by atoms with Crippen molar-refractivity contribution in [2.45, 2.75) is 26.1 Å². The first-order valence-corrected chi connectivity index (χ1v) is 9.48. The van der Waals surface area contributed by atoms with Crippen LogP contribution in [0.3, 0.4) is 0 Å². The molecule has 0 amide bonds. The number of hydrogen-bond acceptors (Lipinski definition) is 8. The van der Waals surface area contributed by atoms with Gasteiger partial charge in [0, 0.05) is 0 Å². The van der Waals surface area contributed by atoms with Crippen molar-refractivity contribution in [1.29, 1.82) is 0 Å². The monoisotopic (exact) mass is 380 g/mol. The summed E-state index contributed by atoms with van der Waals surface area (Å²) >= 11 is 0. The van der Waals surface area contributed by atoms with E-state index < -0.39 is 0 Å². The molecular weight excluding hydrogens is 344 g/mol. The highest BCUT2D eigenvalue weighted by Crippen LogP contribution is 1.95. The van der Waals surface area contributed by atoms with Crippen LogP contribution in [0.2, 0.25) is 0 Å². The summed E-state index contributed by atoms with van der Waals surface area (Å²) in [6.07, 6.45) is 0.0599. The standard InChI is InChI=1S/C18H36O8/c1-17-15-23-9-7-20-8-10-24-16-18(2)26-14-12-22-6-4-19-3-5-21-11-13-25-17/h17-18H,3-16H2,1-2H3. The second-order valence-electron chi connectivity index (χ2n) is 5.96. The summed E-state index contributed by atoms with van der Waals surface area (Å²) in [5.74, 6) is 0. The molecule has 2 unspecified atom stereocenters. The van der Waals surface area contributed by atoms with Gasteiger partial charge >= 0.3 is 0 Å². The summed E-state index contributed by atoms with van der Waals surface area (Å²) in [5.41, 5.74) is 0. The molecule has 1 aliphatic rings. The molecule has 0 aromatic carbocycles. The van der Waals surface area contributed by atoms with Crippen molar-refractivity contribution in [2.24, 2.45) is 0 Å². The lowest BCUT2D eigenvalue weighted by atomic mass is 10.4. The average Bonchev–Trinajstić information content (AvgIpc) is 2.63. The molecule has 1 saturated heterocycles. The number of rotatable bonds is 0. The summed E-state index contributed by atoms with van der Waals surface area (Å²) < 4.78 is 44.0. The maximum absolute atomic E-state index is 5.61. The van der Waals surface area contributed by atoms with Crippen molar-refractivity contribution >= 4 is 0 Å². The Balaban J connectivity index is 2.13. The van der Waals surface area contributed by atoms with E-state index >= 15 is 0 Å². The van der Waals surface area contributed by atoms with Crippen LogP contribution in [0, 0.1) is 0 Å². The van der Waals surface area contributed by atoms with Gasteiger partial charge in [-0.3, -0.25) is 0 Å². The van der Waals surface area contributed by atoms with Gasteiger partial charge in [0.25, 0.3) is 0 Å². The Kier molecular flexibility index (Phi) is 16.5. The van der Waals surface area contributed by atoms with Crippen LogP contribution < -0.4 is 0 Å². The number of hydrogen-bond donors (Lipinski definition) is 0. The zero-order valence-corrected chi connectivity index (χ0v) is 16.3. The van der Waals surface area contributed by atoms with E-state index in [2.05, 4.69) is 0 Å². The fourth-order valence-electron chi connectivity index (χ4n) is 2.09. The molecular formula is C18H36O8. The van der Waals surface area contributed by atoms with Gasteiger partial charge in [-0.1, -0.05) is 0 Å². The fraction of sp³-hybridized carbons (Fsp3) is 1.00. The van der Waals surface area contributed by atoms with E-state index in [0.29, 0.717) is 92.5 Å². The largest absolute Gasteiger partial charge is 0.377 e. The highest BCUT2D eigenvalue weighted by atomic mass is 16.6. The van der Waals surface area contributed by atoms with Crippen LogP contribution in [0.5, 0.6) is 0 Å².